The van der Waals surface area contributed by atoms with E-state index in [0.29, 0.717) is 11.3 Å². The SMILES string of the molecule is O=C(Cn1c(=O)n(C2CC2)c(=O)c2nscc21)NCc1ccco1. The van der Waals surface area contributed by atoms with Crippen LogP contribution in [-0.4, -0.2) is 19.4 Å². The lowest BCUT2D eigenvalue weighted by atomic mass is 10.4. The molecule has 8 nitrogen and oxygen atoms in total. The maximum Gasteiger partial charge on any atom is 0.332 e. The monoisotopic (exact) mass is 346 g/mol. The van der Waals surface area contributed by atoms with Crippen LogP contribution in [0.2, 0.25) is 0 Å². The van der Waals surface area contributed by atoms with Gasteiger partial charge >= 0.3 is 5.69 Å². The highest BCUT2D eigenvalue weighted by Crippen LogP contribution is 2.32. The first-order chi connectivity index (χ1) is 11.6. The lowest BCUT2D eigenvalue weighted by molar-refractivity contribution is -0.121. The highest BCUT2D eigenvalue weighted by molar-refractivity contribution is 7.04. The normalized spacial score (nSPS) is 14.2. The largest absolute Gasteiger partial charge is 0.467 e. The second kappa shape index (κ2) is 5.75. The number of fused-ring (bicyclic) bond motifs is 1. The van der Waals surface area contributed by atoms with Gasteiger partial charge in [-0.3, -0.25) is 18.7 Å². The van der Waals surface area contributed by atoms with Crippen molar-refractivity contribution < 1.29 is 9.21 Å². The van der Waals surface area contributed by atoms with Gasteiger partial charge < -0.3 is 9.73 Å². The second-order valence-corrected chi connectivity index (χ2v) is 6.31. The highest BCUT2D eigenvalue weighted by Gasteiger charge is 2.29. The minimum atomic E-state index is -0.455. The maximum absolute atomic E-state index is 12.7. The van der Waals surface area contributed by atoms with Crippen LogP contribution in [0.15, 0.2) is 37.8 Å². The van der Waals surface area contributed by atoms with Gasteiger partial charge in [0, 0.05) is 11.4 Å². The quantitative estimate of drug-likeness (QED) is 0.739. The molecule has 24 heavy (non-hydrogen) atoms. The number of amides is 1. The number of aromatic nitrogens is 3. The number of carbonyl (C=O) groups excluding carboxylic acids is 1. The van der Waals surface area contributed by atoms with Gasteiger partial charge in [0.25, 0.3) is 5.56 Å². The summed E-state index contributed by atoms with van der Waals surface area (Å²) in [5.41, 5.74) is -0.181. The van der Waals surface area contributed by atoms with Crippen LogP contribution in [0.1, 0.15) is 24.6 Å². The van der Waals surface area contributed by atoms with Gasteiger partial charge in [0.1, 0.15) is 12.3 Å². The van der Waals surface area contributed by atoms with Crippen molar-refractivity contribution in [3.63, 3.8) is 0 Å². The van der Waals surface area contributed by atoms with Crippen LogP contribution < -0.4 is 16.6 Å². The number of carbonyl (C=O) groups is 1. The van der Waals surface area contributed by atoms with Crippen LogP contribution >= 0.6 is 11.5 Å². The third-order valence-corrected chi connectivity index (χ3v) is 4.57. The molecule has 1 fully saturated rings. The third kappa shape index (κ3) is 2.56. The second-order valence-electron chi connectivity index (χ2n) is 5.68. The van der Waals surface area contributed by atoms with Crippen LogP contribution in [0, 0.1) is 0 Å². The molecule has 3 aromatic heterocycles. The number of rotatable bonds is 5. The first-order valence-corrected chi connectivity index (χ1v) is 8.37. The Balaban J connectivity index is 1.66. The molecular weight excluding hydrogens is 332 g/mol. The fourth-order valence-electron chi connectivity index (χ4n) is 2.61. The van der Waals surface area contributed by atoms with E-state index in [2.05, 4.69) is 9.69 Å². The number of nitrogens with zero attached hydrogens (tertiary/aromatic N) is 3. The summed E-state index contributed by atoms with van der Waals surface area (Å²) in [6.07, 6.45) is 3.13. The predicted octanol–water partition coefficient (Wildman–Crippen LogP) is 0.864. The Morgan fingerprint density at radius 1 is 1.42 bits per heavy atom. The maximum atomic E-state index is 12.7. The summed E-state index contributed by atoms with van der Waals surface area (Å²) in [4.78, 5) is 37.2. The van der Waals surface area contributed by atoms with E-state index < -0.39 is 5.69 Å². The van der Waals surface area contributed by atoms with Crippen LogP contribution in [0.3, 0.4) is 0 Å². The van der Waals surface area contributed by atoms with E-state index in [1.54, 1.807) is 17.5 Å². The Morgan fingerprint density at radius 2 is 2.25 bits per heavy atom. The lowest BCUT2D eigenvalue weighted by Crippen LogP contribution is -2.42. The fourth-order valence-corrected chi connectivity index (χ4v) is 3.28. The van der Waals surface area contributed by atoms with Gasteiger partial charge in [-0.2, -0.15) is 4.37 Å². The molecule has 0 atom stereocenters. The van der Waals surface area contributed by atoms with Crippen molar-refractivity contribution in [1.29, 1.82) is 0 Å². The van der Waals surface area contributed by atoms with E-state index in [0.717, 1.165) is 24.4 Å². The zero-order valence-corrected chi connectivity index (χ0v) is 13.4. The fraction of sp³-hybridized carbons (Fsp3) is 0.333. The highest BCUT2D eigenvalue weighted by atomic mass is 32.1. The van der Waals surface area contributed by atoms with Gasteiger partial charge in [-0.15, -0.1) is 0 Å². The van der Waals surface area contributed by atoms with Crippen LogP contribution in [0.4, 0.5) is 0 Å². The molecule has 0 spiro atoms. The molecule has 124 valence electrons. The Hall–Kier alpha value is -2.68. The minimum absolute atomic E-state index is 0.0754. The van der Waals surface area contributed by atoms with Crippen molar-refractivity contribution in [2.45, 2.75) is 32.0 Å². The third-order valence-electron chi connectivity index (χ3n) is 3.95. The molecule has 0 bridgehead atoms. The van der Waals surface area contributed by atoms with E-state index in [9.17, 15) is 14.4 Å². The molecule has 9 heteroatoms. The topological polar surface area (TPSA) is 99.1 Å². The Bertz CT molecular complexity index is 1010. The van der Waals surface area contributed by atoms with Crippen molar-refractivity contribution in [2.75, 3.05) is 0 Å². The van der Waals surface area contributed by atoms with E-state index >= 15 is 0 Å². The molecule has 0 aliphatic heterocycles. The first-order valence-electron chi connectivity index (χ1n) is 7.53. The number of furan rings is 1. The van der Waals surface area contributed by atoms with Crippen molar-refractivity contribution >= 4 is 28.5 Å². The van der Waals surface area contributed by atoms with E-state index in [1.807, 2.05) is 0 Å². The molecule has 1 amide bonds. The predicted molar refractivity (Wildman–Crippen MR) is 87.0 cm³/mol. The molecular formula is C15H14N4O4S. The van der Waals surface area contributed by atoms with Gasteiger partial charge in [-0.25, -0.2) is 4.79 Å². The zero-order chi connectivity index (χ0) is 16.7. The molecule has 0 saturated heterocycles. The van der Waals surface area contributed by atoms with Gasteiger partial charge in [0.05, 0.1) is 18.3 Å². The average Bonchev–Trinajstić information content (AvgIpc) is 3.07. The molecule has 1 aliphatic rings. The molecule has 0 radical (unpaired) electrons. The Morgan fingerprint density at radius 3 is 2.96 bits per heavy atom. The van der Waals surface area contributed by atoms with E-state index in [4.69, 9.17) is 4.42 Å². The first kappa shape index (κ1) is 14.9. The molecule has 1 saturated carbocycles. The Kier molecular flexibility index (Phi) is 3.57. The molecule has 3 heterocycles. The summed E-state index contributed by atoms with van der Waals surface area (Å²) in [6.45, 7) is 0.0787. The van der Waals surface area contributed by atoms with E-state index in [1.165, 1.54) is 15.4 Å². The number of nitrogens with one attached hydrogen (secondary N) is 1. The summed E-state index contributed by atoms with van der Waals surface area (Å²) in [6, 6.07) is 3.41. The minimum Gasteiger partial charge on any atom is -0.467 e. The molecule has 1 aliphatic carbocycles. The standard InChI is InChI=1S/C15H14N4O4S/c20-12(16-6-10-2-1-5-23-10)7-18-11-8-24-17-13(11)14(21)19(15(18)22)9-3-4-9/h1-2,5,8-9H,3-4,6-7H2,(H,16,20). The molecule has 0 unspecified atom stereocenters. The number of hydrogen-bond acceptors (Lipinski definition) is 6. The molecule has 4 rings (SSSR count). The van der Waals surface area contributed by atoms with Crippen molar-refractivity contribution in [1.82, 2.24) is 18.8 Å². The Labute approximate surface area is 139 Å². The molecule has 3 aromatic rings. The van der Waals surface area contributed by atoms with E-state index in [-0.39, 0.29) is 36.1 Å². The van der Waals surface area contributed by atoms with Crippen molar-refractivity contribution in [2.24, 2.45) is 0 Å². The summed E-state index contributed by atoms with van der Waals surface area (Å²) < 4.78 is 11.8. The van der Waals surface area contributed by atoms with Crippen LogP contribution in [0.25, 0.3) is 11.0 Å². The van der Waals surface area contributed by atoms with Crippen molar-refractivity contribution in [3.05, 3.63) is 50.4 Å². The zero-order valence-electron chi connectivity index (χ0n) is 12.6. The van der Waals surface area contributed by atoms with Crippen molar-refractivity contribution in [3.8, 4) is 0 Å². The van der Waals surface area contributed by atoms with Gasteiger partial charge in [-0.05, 0) is 36.5 Å². The lowest BCUT2D eigenvalue weighted by Gasteiger charge is -2.11. The van der Waals surface area contributed by atoms with Crippen LogP contribution in [-0.2, 0) is 17.9 Å². The smallest absolute Gasteiger partial charge is 0.332 e. The summed E-state index contributed by atoms with van der Waals surface area (Å²) in [7, 11) is 0. The number of hydrogen-bond donors (Lipinski definition) is 1. The van der Waals surface area contributed by atoms with Gasteiger partial charge in [0.2, 0.25) is 5.91 Å². The molecule has 0 aromatic carbocycles. The van der Waals surface area contributed by atoms with Gasteiger partial charge in [-0.1, -0.05) is 0 Å². The van der Waals surface area contributed by atoms with Gasteiger partial charge in [0.15, 0.2) is 5.52 Å². The average molecular weight is 346 g/mol. The van der Waals surface area contributed by atoms with Crippen LogP contribution in [0.5, 0.6) is 0 Å². The summed E-state index contributed by atoms with van der Waals surface area (Å²) in [5, 5.41) is 4.32. The summed E-state index contributed by atoms with van der Waals surface area (Å²) >= 11 is 1.10. The summed E-state index contributed by atoms with van der Waals surface area (Å²) in [5.74, 6) is 0.294. The molecule has 1 N–H and O–H groups in total.